The molecule has 0 bridgehead atoms. The van der Waals surface area contributed by atoms with E-state index < -0.39 is 4.92 Å². The number of ether oxygens (including phenoxy) is 1. The number of anilines is 2. The fourth-order valence-corrected chi connectivity index (χ4v) is 2.91. The normalized spacial score (nSPS) is 12.7. The van der Waals surface area contributed by atoms with E-state index in [1.54, 1.807) is 36.3 Å². The van der Waals surface area contributed by atoms with Gasteiger partial charge in [0.25, 0.3) is 5.69 Å². The zero-order chi connectivity index (χ0) is 21.5. The number of carbonyl (C=O) groups excluding carboxylic acids is 2. The predicted octanol–water partition coefficient (Wildman–Crippen LogP) is 3.56. The van der Waals surface area contributed by atoms with Gasteiger partial charge in [-0.1, -0.05) is 0 Å². The first-order valence-electron chi connectivity index (χ1n) is 9.72. The van der Waals surface area contributed by atoms with Crippen molar-refractivity contribution in [1.82, 2.24) is 5.32 Å². The van der Waals surface area contributed by atoms with Gasteiger partial charge in [-0.15, -0.1) is 0 Å². The van der Waals surface area contributed by atoms with E-state index in [4.69, 9.17) is 4.74 Å². The first-order valence-corrected chi connectivity index (χ1v) is 9.72. The highest BCUT2D eigenvalue weighted by molar-refractivity contribution is 6.01. The first-order chi connectivity index (χ1) is 14.5. The van der Waals surface area contributed by atoms with Crippen molar-refractivity contribution >= 4 is 29.0 Å². The summed E-state index contributed by atoms with van der Waals surface area (Å²) in [5.74, 6) is 0.889. The molecule has 30 heavy (non-hydrogen) atoms. The highest BCUT2D eigenvalue weighted by Gasteiger charge is 2.29. The van der Waals surface area contributed by atoms with E-state index >= 15 is 0 Å². The van der Waals surface area contributed by atoms with E-state index in [1.807, 2.05) is 0 Å². The van der Waals surface area contributed by atoms with E-state index in [1.165, 1.54) is 24.3 Å². The van der Waals surface area contributed by atoms with Crippen molar-refractivity contribution in [1.29, 1.82) is 0 Å². The number of methoxy groups -OCH3 is 1. The number of nitrogens with zero attached hydrogens (tertiary/aromatic N) is 2. The molecule has 3 amide bonds. The summed E-state index contributed by atoms with van der Waals surface area (Å²) in [6, 6.07) is 12.3. The van der Waals surface area contributed by atoms with Gasteiger partial charge in [0.05, 0.1) is 12.0 Å². The van der Waals surface area contributed by atoms with E-state index in [2.05, 4.69) is 10.6 Å². The number of nitro groups is 1. The number of non-ortho nitro benzene ring substituents is 1. The molecule has 1 saturated carbocycles. The molecule has 0 aliphatic heterocycles. The third-order valence-corrected chi connectivity index (χ3v) is 4.76. The van der Waals surface area contributed by atoms with Crippen LogP contribution < -0.4 is 20.3 Å². The maximum atomic E-state index is 12.9. The van der Waals surface area contributed by atoms with Crippen LogP contribution in [-0.2, 0) is 4.79 Å². The van der Waals surface area contributed by atoms with Crippen LogP contribution in [0, 0.1) is 16.0 Å². The Morgan fingerprint density at radius 2 is 1.80 bits per heavy atom. The molecule has 9 heteroatoms. The van der Waals surface area contributed by atoms with Crippen molar-refractivity contribution < 1.29 is 19.2 Å². The summed E-state index contributed by atoms with van der Waals surface area (Å²) in [5.41, 5.74) is 1.07. The molecule has 1 aliphatic rings. The molecule has 0 saturated heterocycles. The Hall–Kier alpha value is -3.62. The molecule has 1 fully saturated rings. The highest BCUT2D eigenvalue weighted by atomic mass is 16.6. The Morgan fingerprint density at radius 3 is 2.37 bits per heavy atom. The Bertz CT molecular complexity index is 895. The number of benzene rings is 2. The van der Waals surface area contributed by atoms with E-state index in [-0.39, 0.29) is 23.5 Å². The summed E-state index contributed by atoms with van der Waals surface area (Å²) >= 11 is 0. The zero-order valence-electron chi connectivity index (χ0n) is 16.7. The van der Waals surface area contributed by atoms with Crippen molar-refractivity contribution in [3.63, 3.8) is 0 Å². The van der Waals surface area contributed by atoms with E-state index in [0.29, 0.717) is 36.6 Å². The Morgan fingerprint density at radius 1 is 1.13 bits per heavy atom. The highest BCUT2D eigenvalue weighted by Crippen LogP contribution is 2.28. The molecule has 0 spiro atoms. The molecule has 0 heterocycles. The summed E-state index contributed by atoms with van der Waals surface area (Å²) in [7, 11) is 1.57. The standard InChI is InChI=1S/C21H24N4O5/c1-30-19-11-9-17(10-12-19)24(14-2-13-22-20(26)15-3-4-15)21(27)23-16-5-7-18(8-6-16)25(28)29/h5-12,15H,2-4,13-14H2,1H3,(H,22,26)(H,23,27). The third-order valence-electron chi connectivity index (χ3n) is 4.76. The van der Waals surface area contributed by atoms with Crippen LogP contribution in [0.3, 0.4) is 0 Å². The number of amides is 3. The molecule has 2 aromatic carbocycles. The van der Waals surface area contributed by atoms with Crippen molar-refractivity contribution in [3.8, 4) is 5.75 Å². The average Bonchev–Trinajstić information content (AvgIpc) is 3.59. The first kappa shape index (κ1) is 21.1. The lowest BCUT2D eigenvalue weighted by atomic mass is 10.2. The number of hydrogen-bond donors (Lipinski definition) is 2. The maximum absolute atomic E-state index is 12.9. The molecule has 1 aliphatic carbocycles. The van der Waals surface area contributed by atoms with E-state index in [0.717, 1.165) is 12.8 Å². The quantitative estimate of drug-likeness (QED) is 0.371. The molecular formula is C21H24N4O5. The summed E-state index contributed by atoms with van der Waals surface area (Å²) in [6.45, 7) is 0.864. The molecule has 2 N–H and O–H groups in total. The second-order valence-corrected chi connectivity index (χ2v) is 7.00. The van der Waals surface area contributed by atoms with Gasteiger partial charge in [-0.3, -0.25) is 19.8 Å². The number of nitrogens with one attached hydrogen (secondary N) is 2. The lowest BCUT2D eigenvalue weighted by Gasteiger charge is -2.23. The average molecular weight is 412 g/mol. The molecule has 0 unspecified atom stereocenters. The number of urea groups is 1. The van der Waals surface area contributed by atoms with Crippen molar-refractivity contribution in [3.05, 3.63) is 58.6 Å². The van der Waals surface area contributed by atoms with Gasteiger partial charge in [-0.25, -0.2) is 4.79 Å². The van der Waals surface area contributed by atoms with Crippen LogP contribution in [0.5, 0.6) is 5.75 Å². The third kappa shape index (κ3) is 5.69. The second-order valence-electron chi connectivity index (χ2n) is 7.00. The van der Waals surface area contributed by atoms with Gasteiger partial charge in [0, 0.05) is 42.5 Å². The topological polar surface area (TPSA) is 114 Å². The minimum Gasteiger partial charge on any atom is -0.497 e. The summed E-state index contributed by atoms with van der Waals surface area (Å²) in [6.07, 6.45) is 2.47. The number of carbonyl (C=O) groups is 2. The van der Waals surface area contributed by atoms with Gasteiger partial charge in [0.15, 0.2) is 0 Å². The van der Waals surface area contributed by atoms with Crippen LogP contribution in [0.15, 0.2) is 48.5 Å². The van der Waals surface area contributed by atoms with Crippen LogP contribution in [-0.4, -0.2) is 37.1 Å². The monoisotopic (exact) mass is 412 g/mol. The molecular weight excluding hydrogens is 388 g/mol. The van der Waals surface area contributed by atoms with Crippen LogP contribution in [0.4, 0.5) is 21.9 Å². The molecule has 9 nitrogen and oxygen atoms in total. The number of nitro benzene ring substituents is 1. The Balaban J connectivity index is 1.65. The van der Waals surface area contributed by atoms with Crippen molar-refractivity contribution in [2.75, 3.05) is 30.4 Å². The molecule has 0 atom stereocenters. The van der Waals surface area contributed by atoms with Crippen molar-refractivity contribution in [2.24, 2.45) is 5.92 Å². The maximum Gasteiger partial charge on any atom is 0.326 e. The van der Waals surface area contributed by atoms with Crippen LogP contribution >= 0.6 is 0 Å². The minimum atomic E-state index is -0.495. The fraction of sp³-hybridized carbons (Fsp3) is 0.333. The predicted molar refractivity (Wildman–Crippen MR) is 113 cm³/mol. The van der Waals surface area contributed by atoms with E-state index in [9.17, 15) is 19.7 Å². The second kappa shape index (κ2) is 9.73. The summed E-state index contributed by atoms with van der Waals surface area (Å²) in [5, 5.41) is 16.4. The van der Waals surface area contributed by atoms with Gasteiger partial charge in [-0.2, -0.15) is 0 Å². The van der Waals surface area contributed by atoms with Crippen LogP contribution in [0.1, 0.15) is 19.3 Å². The van der Waals surface area contributed by atoms with Gasteiger partial charge >= 0.3 is 6.03 Å². The molecule has 3 rings (SSSR count). The van der Waals surface area contributed by atoms with Gasteiger partial charge in [0.2, 0.25) is 5.91 Å². The lowest BCUT2D eigenvalue weighted by Crippen LogP contribution is -2.37. The van der Waals surface area contributed by atoms with Gasteiger partial charge in [0.1, 0.15) is 5.75 Å². The van der Waals surface area contributed by atoms with Crippen LogP contribution in [0.2, 0.25) is 0 Å². The SMILES string of the molecule is COc1ccc(N(CCCNC(=O)C2CC2)C(=O)Nc2ccc([N+](=O)[O-])cc2)cc1. The lowest BCUT2D eigenvalue weighted by molar-refractivity contribution is -0.384. The molecule has 158 valence electrons. The zero-order valence-corrected chi connectivity index (χ0v) is 16.7. The molecule has 0 radical (unpaired) electrons. The molecule has 0 aromatic heterocycles. The Kier molecular flexibility index (Phi) is 6.84. The summed E-state index contributed by atoms with van der Waals surface area (Å²) in [4.78, 5) is 36.5. The fourth-order valence-electron chi connectivity index (χ4n) is 2.91. The minimum absolute atomic E-state index is 0.0496. The largest absolute Gasteiger partial charge is 0.497 e. The molecule has 2 aromatic rings. The van der Waals surface area contributed by atoms with Crippen molar-refractivity contribution in [2.45, 2.75) is 19.3 Å². The number of rotatable bonds is 9. The van der Waals surface area contributed by atoms with Crippen LogP contribution in [0.25, 0.3) is 0 Å². The Labute approximate surface area is 174 Å². The van der Waals surface area contributed by atoms with Gasteiger partial charge < -0.3 is 15.4 Å². The smallest absolute Gasteiger partial charge is 0.326 e. The number of hydrogen-bond acceptors (Lipinski definition) is 5. The summed E-state index contributed by atoms with van der Waals surface area (Å²) < 4.78 is 5.17. The van der Waals surface area contributed by atoms with Gasteiger partial charge in [-0.05, 0) is 55.7 Å².